The normalized spacial score (nSPS) is 10.4. The second kappa shape index (κ2) is 8.01. The van der Waals surface area contributed by atoms with E-state index >= 15 is 0 Å². The zero-order chi connectivity index (χ0) is 16.6. The lowest BCUT2D eigenvalue weighted by atomic mass is 10.2. The molecule has 0 unspecified atom stereocenters. The van der Waals surface area contributed by atoms with Crippen LogP contribution < -0.4 is 10.2 Å². The van der Waals surface area contributed by atoms with Crippen molar-refractivity contribution in [1.82, 2.24) is 19.9 Å². The predicted octanol–water partition coefficient (Wildman–Crippen LogP) is 2.56. The van der Waals surface area contributed by atoms with Crippen molar-refractivity contribution in [3.63, 3.8) is 0 Å². The zero-order valence-corrected chi connectivity index (χ0v) is 13.6. The lowest BCUT2D eigenvalue weighted by Gasteiger charge is -2.17. The fraction of sp³-hybridized carbons (Fsp3) is 0.222. The van der Waals surface area contributed by atoms with Crippen LogP contribution in [-0.4, -0.2) is 33.5 Å². The monoisotopic (exact) mass is 320 g/mol. The maximum atomic E-state index is 4.57. The molecule has 6 nitrogen and oxygen atoms in total. The van der Waals surface area contributed by atoms with E-state index in [4.69, 9.17) is 0 Å². The Bertz CT molecular complexity index is 748. The standard InChI is InChI=1S/C18H20N6/c1-24(12-7-15-4-9-19-10-5-15)18-21-11-6-17(23-18)22-14-16-3-2-8-20-13-16/h2-6,8-11,13H,7,12,14H2,1H3,(H,21,22,23). The summed E-state index contributed by atoms with van der Waals surface area (Å²) in [7, 11) is 2.00. The Morgan fingerprint density at radius 3 is 2.62 bits per heavy atom. The molecular formula is C18H20N6. The molecule has 3 heterocycles. The number of nitrogens with one attached hydrogen (secondary N) is 1. The van der Waals surface area contributed by atoms with E-state index in [-0.39, 0.29) is 0 Å². The molecule has 3 rings (SSSR count). The molecule has 0 amide bonds. The first-order chi connectivity index (χ1) is 11.8. The Labute approximate surface area is 141 Å². The highest BCUT2D eigenvalue weighted by atomic mass is 15.2. The summed E-state index contributed by atoms with van der Waals surface area (Å²) in [6, 6.07) is 9.88. The van der Waals surface area contributed by atoms with Gasteiger partial charge < -0.3 is 10.2 Å². The number of anilines is 2. The minimum Gasteiger partial charge on any atom is -0.366 e. The maximum Gasteiger partial charge on any atom is 0.226 e. The van der Waals surface area contributed by atoms with Crippen LogP contribution in [0.25, 0.3) is 0 Å². The van der Waals surface area contributed by atoms with Gasteiger partial charge in [-0.3, -0.25) is 9.97 Å². The van der Waals surface area contributed by atoms with Crippen molar-refractivity contribution in [1.29, 1.82) is 0 Å². The van der Waals surface area contributed by atoms with E-state index in [2.05, 4.69) is 30.2 Å². The van der Waals surface area contributed by atoms with Crippen LogP contribution in [-0.2, 0) is 13.0 Å². The van der Waals surface area contributed by atoms with E-state index in [0.29, 0.717) is 12.5 Å². The van der Waals surface area contributed by atoms with Gasteiger partial charge in [0.2, 0.25) is 5.95 Å². The van der Waals surface area contributed by atoms with Gasteiger partial charge >= 0.3 is 0 Å². The van der Waals surface area contributed by atoms with Gasteiger partial charge in [0.05, 0.1) is 0 Å². The average Bonchev–Trinajstić information content (AvgIpc) is 2.66. The van der Waals surface area contributed by atoms with Crippen LogP contribution in [0.4, 0.5) is 11.8 Å². The summed E-state index contributed by atoms with van der Waals surface area (Å²) in [4.78, 5) is 19.1. The minimum absolute atomic E-state index is 0.686. The lowest BCUT2D eigenvalue weighted by molar-refractivity contribution is 0.836. The largest absolute Gasteiger partial charge is 0.366 e. The van der Waals surface area contributed by atoms with Crippen molar-refractivity contribution in [2.75, 3.05) is 23.8 Å². The number of hydrogen-bond acceptors (Lipinski definition) is 6. The first-order valence-electron chi connectivity index (χ1n) is 7.87. The van der Waals surface area contributed by atoms with Crippen molar-refractivity contribution in [3.05, 3.63) is 72.4 Å². The SMILES string of the molecule is CN(CCc1ccncc1)c1nccc(NCc2cccnc2)n1. The first kappa shape index (κ1) is 15.9. The predicted molar refractivity (Wildman–Crippen MR) is 94.8 cm³/mol. The second-order valence-corrected chi connectivity index (χ2v) is 5.48. The molecule has 0 saturated heterocycles. The molecule has 1 N–H and O–H groups in total. The van der Waals surface area contributed by atoms with Crippen molar-refractivity contribution in [2.45, 2.75) is 13.0 Å². The smallest absolute Gasteiger partial charge is 0.226 e. The highest BCUT2D eigenvalue weighted by Gasteiger charge is 2.06. The van der Waals surface area contributed by atoms with Gasteiger partial charge in [0, 0.05) is 51.1 Å². The van der Waals surface area contributed by atoms with Gasteiger partial charge in [-0.15, -0.1) is 0 Å². The van der Waals surface area contributed by atoms with Crippen molar-refractivity contribution in [3.8, 4) is 0 Å². The maximum absolute atomic E-state index is 4.57. The molecule has 0 fully saturated rings. The number of aromatic nitrogens is 4. The summed E-state index contributed by atoms with van der Waals surface area (Å²) in [5.41, 5.74) is 2.37. The van der Waals surface area contributed by atoms with Gasteiger partial charge in [-0.25, -0.2) is 4.98 Å². The van der Waals surface area contributed by atoms with Crippen LogP contribution in [0.2, 0.25) is 0 Å². The van der Waals surface area contributed by atoms with Crippen LogP contribution in [0.15, 0.2) is 61.3 Å². The van der Waals surface area contributed by atoms with Crippen LogP contribution in [0.3, 0.4) is 0 Å². The highest BCUT2D eigenvalue weighted by Crippen LogP contribution is 2.11. The molecule has 3 aromatic rings. The van der Waals surface area contributed by atoms with Crippen molar-refractivity contribution in [2.24, 2.45) is 0 Å². The van der Waals surface area contributed by atoms with Gasteiger partial charge in [0.15, 0.2) is 0 Å². The van der Waals surface area contributed by atoms with E-state index < -0.39 is 0 Å². The van der Waals surface area contributed by atoms with Crippen LogP contribution in [0.1, 0.15) is 11.1 Å². The summed E-state index contributed by atoms with van der Waals surface area (Å²) < 4.78 is 0. The third-order valence-corrected chi connectivity index (χ3v) is 3.67. The topological polar surface area (TPSA) is 66.8 Å². The van der Waals surface area contributed by atoms with Crippen LogP contribution in [0, 0.1) is 0 Å². The molecule has 0 aliphatic carbocycles. The quantitative estimate of drug-likeness (QED) is 0.722. The molecule has 122 valence electrons. The Hall–Kier alpha value is -3.02. The molecule has 0 aliphatic heterocycles. The van der Waals surface area contributed by atoms with Gasteiger partial charge in [-0.2, -0.15) is 4.98 Å². The summed E-state index contributed by atoms with van der Waals surface area (Å²) in [6.45, 7) is 1.53. The number of hydrogen-bond donors (Lipinski definition) is 1. The molecular weight excluding hydrogens is 300 g/mol. The summed E-state index contributed by atoms with van der Waals surface area (Å²) in [6.07, 6.45) is 9.94. The highest BCUT2D eigenvalue weighted by molar-refractivity contribution is 5.41. The van der Waals surface area contributed by atoms with Gasteiger partial charge in [0.25, 0.3) is 0 Å². The van der Waals surface area contributed by atoms with Gasteiger partial charge in [0.1, 0.15) is 5.82 Å². The van der Waals surface area contributed by atoms with Gasteiger partial charge in [-0.1, -0.05) is 6.07 Å². The second-order valence-electron chi connectivity index (χ2n) is 5.48. The zero-order valence-electron chi connectivity index (χ0n) is 13.6. The van der Waals surface area contributed by atoms with Crippen LogP contribution >= 0.6 is 0 Å². The van der Waals surface area contributed by atoms with E-state index in [1.54, 1.807) is 12.4 Å². The van der Waals surface area contributed by atoms with E-state index in [0.717, 1.165) is 24.3 Å². The molecule has 0 atom stereocenters. The summed E-state index contributed by atoms with van der Waals surface area (Å²) in [5.74, 6) is 1.51. The number of nitrogens with zero attached hydrogens (tertiary/aromatic N) is 5. The Morgan fingerprint density at radius 1 is 0.958 bits per heavy atom. The van der Waals surface area contributed by atoms with Crippen molar-refractivity contribution >= 4 is 11.8 Å². The third kappa shape index (κ3) is 4.49. The Morgan fingerprint density at radius 2 is 1.83 bits per heavy atom. The number of pyridine rings is 2. The van der Waals surface area contributed by atoms with Crippen LogP contribution in [0.5, 0.6) is 0 Å². The summed E-state index contributed by atoms with van der Waals surface area (Å²) >= 11 is 0. The third-order valence-electron chi connectivity index (χ3n) is 3.67. The Kier molecular flexibility index (Phi) is 5.29. The Balaban J connectivity index is 1.57. The molecule has 0 spiro atoms. The molecule has 0 aromatic carbocycles. The molecule has 0 bridgehead atoms. The summed E-state index contributed by atoms with van der Waals surface area (Å²) in [5, 5.41) is 3.30. The lowest BCUT2D eigenvalue weighted by Crippen LogP contribution is -2.22. The van der Waals surface area contributed by atoms with E-state index in [9.17, 15) is 0 Å². The minimum atomic E-state index is 0.686. The molecule has 6 heteroatoms. The molecule has 0 aliphatic rings. The van der Waals surface area contributed by atoms with Gasteiger partial charge in [-0.05, 0) is 41.8 Å². The molecule has 0 saturated carbocycles. The molecule has 0 radical (unpaired) electrons. The average molecular weight is 320 g/mol. The van der Waals surface area contributed by atoms with E-state index in [1.807, 2.05) is 56.0 Å². The first-order valence-corrected chi connectivity index (χ1v) is 7.87. The van der Waals surface area contributed by atoms with Crippen molar-refractivity contribution < 1.29 is 0 Å². The fourth-order valence-electron chi connectivity index (χ4n) is 2.27. The van der Waals surface area contributed by atoms with E-state index in [1.165, 1.54) is 5.56 Å². The molecule has 24 heavy (non-hydrogen) atoms. The molecule has 3 aromatic heterocycles. The number of likely N-dealkylation sites (N-methyl/N-ethyl adjacent to an activating group) is 1. The number of rotatable bonds is 7. The fourth-order valence-corrected chi connectivity index (χ4v) is 2.27.